The van der Waals surface area contributed by atoms with Crippen molar-refractivity contribution in [3.8, 4) is 0 Å². The molecular formula is C13H19Cl2NS. The molecule has 17 heavy (non-hydrogen) atoms. The summed E-state index contributed by atoms with van der Waals surface area (Å²) in [4.78, 5) is 0. The average Bonchev–Trinajstić information content (AvgIpc) is 2.32. The Morgan fingerprint density at radius 1 is 1.35 bits per heavy atom. The van der Waals surface area contributed by atoms with Crippen molar-refractivity contribution >= 4 is 35.0 Å². The highest BCUT2D eigenvalue weighted by Gasteiger charge is 2.11. The van der Waals surface area contributed by atoms with Crippen LogP contribution in [-0.2, 0) is 6.42 Å². The zero-order valence-corrected chi connectivity index (χ0v) is 12.6. The summed E-state index contributed by atoms with van der Waals surface area (Å²) >= 11 is 14.1. The molecule has 1 unspecified atom stereocenters. The first-order valence-electron chi connectivity index (χ1n) is 5.84. The topological polar surface area (TPSA) is 12.0 Å². The SMILES string of the molecule is CCCNC(CSC)Cc1cccc(Cl)c1Cl. The molecule has 1 atom stereocenters. The van der Waals surface area contributed by atoms with Crippen LogP contribution in [0.2, 0.25) is 10.0 Å². The van der Waals surface area contributed by atoms with E-state index in [0.29, 0.717) is 16.1 Å². The largest absolute Gasteiger partial charge is 0.313 e. The second-order valence-corrected chi connectivity index (χ2v) is 5.72. The van der Waals surface area contributed by atoms with Gasteiger partial charge in [0.2, 0.25) is 0 Å². The molecule has 0 heterocycles. The Labute approximate surface area is 118 Å². The molecule has 0 aliphatic rings. The number of hydrogen-bond acceptors (Lipinski definition) is 2. The molecule has 96 valence electrons. The third-order valence-corrected chi connectivity index (χ3v) is 4.14. The van der Waals surface area contributed by atoms with E-state index in [4.69, 9.17) is 23.2 Å². The second kappa shape index (κ2) is 8.25. The quantitative estimate of drug-likeness (QED) is 0.805. The van der Waals surface area contributed by atoms with Gasteiger partial charge in [0.25, 0.3) is 0 Å². The van der Waals surface area contributed by atoms with Gasteiger partial charge in [0.05, 0.1) is 10.0 Å². The minimum absolute atomic E-state index is 0.459. The molecule has 0 aliphatic carbocycles. The van der Waals surface area contributed by atoms with Crippen LogP contribution < -0.4 is 5.32 Å². The first-order chi connectivity index (χ1) is 8.19. The molecule has 1 nitrogen and oxygen atoms in total. The smallest absolute Gasteiger partial charge is 0.0624 e. The lowest BCUT2D eigenvalue weighted by molar-refractivity contribution is 0.550. The lowest BCUT2D eigenvalue weighted by atomic mass is 10.1. The van der Waals surface area contributed by atoms with Gasteiger partial charge < -0.3 is 5.32 Å². The summed E-state index contributed by atoms with van der Waals surface area (Å²) in [6.07, 6.45) is 4.20. The van der Waals surface area contributed by atoms with Gasteiger partial charge in [-0.15, -0.1) is 0 Å². The molecule has 0 aromatic heterocycles. The van der Waals surface area contributed by atoms with E-state index in [2.05, 4.69) is 24.6 Å². The molecule has 0 bridgehead atoms. The first kappa shape index (κ1) is 15.2. The summed E-state index contributed by atoms with van der Waals surface area (Å²) in [5, 5.41) is 4.88. The van der Waals surface area contributed by atoms with E-state index in [1.807, 2.05) is 23.9 Å². The van der Waals surface area contributed by atoms with Crippen molar-refractivity contribution in [2.24, 2.45) is 0 Å². The van der Waals surface area contributed by atoms with Gasteiger partial charge in [0.15, 0.2) is 0 Å². The molecule has 0 amide bonds. The Morgan fingerprint density at radius 3 is 2.76 bits per heavy atom. The predicted octanol–water partition coefficient (Wildman–Crippen LogP) is 4.27. The monoisotopic (exact) mass is 291 g/mol. The lowest BCUT2D eigenvalue weighted by Gasteiger charge is -2.18. The molecule has 0 spiro atoms. The zero-order valence-electron chi connectivity index (χ0n) is 10.3. The highest BCUT2D eigenvalue weighted by atomic mass is 35.5. The third kappa shape index (κ3) is 5.09. The normalized spacial score (nSPS) is 12.7. The van der Waals surface area contributed by atoms with Gasteiger partial charge in [-0.3, -0.25) is 0 Å². The van der Waals surface area contributed by atoms with Crippen LogP contribution in [0.15, 0.2) is 18.2 Å². The fourth-order valence-electron chi connectivity index (χ4n) is 1.71. The molecule has 0 saturated carbocycles. The van der Waals surface area contributed by atoms with Crippen LogP contribution in [0.1, 0.15) is 18.9 Å². The Balaban J connectivity index is 2.67. The van der Waals surface area contributed by atoms with E-state index in [1.54, 1.807) is 0 Å². The molecule has 0 radical (unpaired) electrons. The summed E-state index contributed by atoms with van der Waals surface area (Å²) in [5.41, 5.74) is 1.13. The number of hydrogen-bond donors (Lipinski definition) is 1. The van der Waals surface area contributed by atoms with Crippen molar-refractivity contribution in [1.29, 1.82) is 0 Å². The van der Waals surface area contributed by atoms with Crippen LogP contribution in [0, 0.1) is 0 Å². The molecule has 0 fully saturated rings. The van der Waals surface area contributed by atoms with Crippen molar-refractivity contribution in [3.63, 3.8) is 0 Å². The van der Waals surface area contributed by atoms with Gasteiger partial charge in [0.1, 0.15) is 0 Å². The van der Waals surface area contributed by atoms with Crippen LogP contribution in [0.3, 0.4) is 0 Å². The lowest BCUT2D eigenvalue weighted by Crippen LogP contribution is -2.34. The fraction of sp³-hybridized carbons (Fsp3) is 0.538. The highest BCUT2D eigenvalue weighted by molar-refractivity contribution is 7.98. The van der Waals surface area contributed by atoms with Crippen molar-refractivity contribution in [2.45, 2.75) is 25.8 Å². The Bertz CT molecular complexity index is 344. The zero-order chi connectivity index (χ0) is 12.7. The Kier molecular flexibility index (Phi) is 7.36. The Morgan fingerprint density at radius 2 is 2.12 bits per heavy atom. The summed E-state index contributed by atoms with van der Waals surface area (Å²) in [6.45, 7) is 3.22. The van der Waals surface area contributed by atoms with Gasteiger partial charge in [-0.1, -0.05) is 42.3 Å². The molecular weight excluding hydrogens is 273 g/mol. The van der Waals surface area contributed by atoms with E-state index in [0.717, 1.165) is 30.7 Å². The van der Waals surface area contributed by atoms with Crippen molar-refractivity contribution in [1.82, 2.24) is 5.32 Å². The number of benzene rings is 1. The molecule has 0 saturated heterocycles. The van der Waals surface area contributed by atoms with Gasteiger partial charge in [-0.25, -0.2) is 0 Å². The van der Waals surface area contributed by atoms with Crippen molar-refractivity contribution in [2.75, 3.05) is 18.6 Å². The summed E-state index contributed by atoms with van der Waals surface area (Å²) in [7, 11) is 0. The molecule has 4 heteroatoms. The summed E-state index contributed by atoms with van der Waals surface area (Å²) in [5.74, 6) is 1.09. The maximum atomic E-state index is 6.20. The average molecular weight is 292 g/mol. The Hall–Kier alpha value is 0.110. The third-order valence-electron chi connectivity index (χ3n) is 2.55. The van der Waals surface area contributed by atoms with E-state index in [-0.39, 0.29) is 0 Å². The molecule has 0 aliphatic heterocycles. The van der Waals surface area contributed by atoms with Crippen LogP contribution in [-0.4, -0.2) is 24.6 Å². The van der Waals surface area contributed by atoms with Gasteiger partial charge in [-0.05, 0) is 37.3 Å². The summed E-state index contributed by atoms with van der Waals surface area (Å²) in [6, 6.07) is 6.30. The molecule has 1 aromatic carbocycles. The van der Waals surface area contributed by atoms with Crippen molar-refractivity contribution in [3.05, 3.63) is 33.8 Å². The number of rotatable bonds is 7. The minimum Gasteiger partial charge on any atom is -0.313 e. The number of thioether (sulfide) groups is 1. The van der Waals surface area contributed by atoms with Gasteiger partial charge >= 0.3 is 0 Å². The number of halogens is 2. The van der Waals surface area contributed by atoms with Crippen molar-refractivity contribution < 1.29 is 0 Å². The van der Waals surface area contributed by atoms with E-state index >= 15 is 0 Å². The van der Waals surface area contributed by atoms with Crippen LogP contribution in [0.4, 0.5) is 0 Å². The van der Waals surface area contributed by atoms with E-state index in [1.165, 1.54) is 0 Å². The standard InChI is InChI=1S/C13H19Cl2NS/c1-3-7-16-11(9-17-2)8-10-5-4-6-12(14)13(10)15/h4-6,11,16H,3,7-9H2,1-2H3. The minimum atomic E-state index is 0.459. The fourth-order valence-corrected chi connectivity index (χ4v) is 2.75. The highest BCUT2D eigenvalue weighted by Crippen LogP contribution is 2.26. The van der Waals surface area contributed by atoms with Crippen LogP contribution in [0.25, 0.3) is 0 Å². The maximum Gasteiger partial charge on any atom is 0.0624 e. The number of nitrogens with one attached hydrogen (secondary N) is 1. The van der Waals surface area contributed by atoms with Gasteiger partial charge in [0, 0.05) is 11.8 Å². The summed E-state index contributed by atoms with van der Waals surface area (Å²) < 4.78 is 0. The second-order valence-electron chi connectivity index (χ2n) is 4.02. The molecule has 1 aromatic rings. The van der Waals surface area contributed by atoms with Crippen LogP contribution >= 0.6 is 35.0 Å². The van der Waals surface area contributed by atoms with E-state index < -0.39 is 0 Å². The van der Waals surface area contributed by atoms with E-state index in [9.17, 15) is 0 Å². The van der Waals surface area contributed by atoms with Gasteiger partial charge in [-0.2, -0.15) is 11.8 Å². The molecule has 1 N–H and O–H groups in total. The predicted molar refractivity (Wildman–Crippen MR) is 80.6 cm³/mol. The maximum absolute atomic E-state index is 6.20. The molecule has 1 rings (SSSR count). The van der Waals surface area contributed by atoms with Crippen LogP contribution in [0.5, 0.6) is 0 Å². The first-order valence-corrected chi connectivity index (χ1v) is 7.99.